The fourth-order valence-corrected chi connectivity index (χ4v) is 2.45. The van der Waals surface area contributed by atoms with E-state index in [1.807, 2.05) is 0 Å². The van der Waals surface area contributed by atoms with Gasteiger partial charge in [0, 0.05) is 6.07 Å². The molecule has 0 atom stereocenters. The average Bonchev–Trinajstić information content (AvgIpc) is 2.61. The molecule has 2 N–H and O–H groups in total. The van der Waals surface area contributed by atoms with Gasteiger partial charge in [-0.05, 0) is 18.9 Å². The zero-order chi connectivity index (χ0) is 14.6. The second-order valence-corrected chi connectivity index (χ2v) is 5.42. The number of aromatic nitrogens is 1. The lowest BCUT2D eigenvalue weighted by atomic mass is 9.93. The molecule has 1 heterocycles. The Morgan fingerprint density at radius 2 is 1.80 bits per heavy atom. The summed E-state index contributed by atoms with van der Waals surface area (Å²) in [5, 5.41) is 0. The van der Waals surface area contributed by atoms with E-state index in [4.69, 9.17) is 10.5 Å². The summed E-state index contributed by atoms with van der Waals surface area (Å²) in [4.78, 5) is 3.48. The van der Waals surface area contributed by atoms with Crippen LogP contribution in [0.1, 0.15) is 44.2 Å². The Morgan fingerprint density at radius 1 is 1.15 bits per heavy atom. The third-order valence-corrected chi connectivity index (χ3v) is 3.62. The molecule has 2 rings (SSSR count). The summed E-state index contributed by atoms with van der Waals surface area (Å²) < 4.78 is 43.1. The Morgan fingerprint density at radius 3 is 2.40 bits per heavy atom. The molecule has 0 bridgehead atoms. The van der Waals surface area contributed by atoms with Crippen molar-refractivity contribution < 1.29 is 17.9 Å². The van der Waals surface area contributed by atoms with Crippen molar-refractivity contribution in [3.05, 3.63) is 23.9 Å². The van der Waals surface area contributed by atoms with E-state index < -0.39 is 17.4 Å². The summed E-state index contributed by atoms with van der Waals surface area (Å²) in [6.07, 6.45) is 1.60. The smallest absolute Gasteiger partial charge is 0.433 e. The van der Waals surface area contributed by atoms with E-state index in [1.165, 1.54) is 12.1 Å². The summed E-state index contributed by atoms with van der Waals surface area (Å²) in [6, 6.07) is 3.65. The number of rotatable bonds is 3. The third-order valence-electron chi connectivity index (χ3n) is 3.62. The molecule has 0 spiro atoms. The highest BCUT2D eigenvalue weighted by Crippen LogP contribution is 2.29. The van der Waals surface area contributed by atoms with Crippen molar-refractivity contribution in [2.75, 3.05) is 6.61 Å². The van der Waals surface area contributed by atoms with Crippen LogP contribution >= 0.6 is 0 Å². The molecule has 1 fully saturated rings. The largest absolute Gasteiger partial charge is 0.476 e. The number of hydrogen-bond acceptors (Lipinski definition) is 3. The molecule has 1 aliphatic rings. The molecule has 0 saturated heterocycles. The van der Waals surface area contributed by atoms with Gasteiger partial charge in [0.05, 0.1) is 5.54 Å². The van der Waals surface area contributed by atoms with Crippen LogP contribution in [0, 0.1) is 0 Å². The van der Waals surface area contributed by atoms with Gasteiger partial charge in [0.15, 0.2) is 0 Å². The lowest BCUT2D eigenvalue weighted by Gasteiger charge is -2.27. The number of alkyl halides is 3. The van der Waals surface area contributed by atoms with E-state index in [9.17, 15) is 13.2 Å². The molecule has 0 aliphatic heterocycles. The molecular formula is C14H19F3N2O. The Bertz CT molecular complexity index is 440. The zero-order valence-electron chi connectivity index (χ0n) is 11.2. The first-order chi connectivity index (χ1) is 9.39. The van der Waals surface area contributed by atoms with E-state index in [1.54, 1.807) is 0 Å². The highest BCUT2D eigenvalue weighted by molar-refractivity contribution is 5.18. The Kier molecular flexibility index (Phi) is 4.52. The van der Waals surface area contributed by atoms with E-state index in [0.29, 0.717) is 0 Å². The number of hydrogen-bond donors (Lipinski definition) is 1. The topological polar surface area (TPSA) is 48.1 Å². The van der Waals surface area contributed by atoms with Crippen LogP contribution in [0.25, 0.3) is 0 Å². The minimum atomic E-state index is -4.46. The summed E-state index contributed by atoms with van der Waals surface area (Å²) in [5.74, 6) is -0.0195. The van der Waals surface area contributed by atoms with Gasteiger partial charge in [-0.25, -0.2) is 4.98 Å². The summed E-state index contributed by atoms with van der Waals surface area (Å²) in [5.41, 5.74) is 4.86. The molecule has 1 aliphatic carbocycles. The van der Waals surface area contributed by atoms with E-state index in [2.05, 4.69) is 4.98 Å². The van der Waals surface area contributed by atoms with Crippen molar-refractivity contribution in [3.8, 4) is 5.88 Å². The Balaban J connectivity index is 1.99. The molecule has 1 aromatic rings. The third kappa shape index (κ3) is 4.10. The van der Waals surface area contributed by atoms with E-state index in [0.717, 1.165) is 44.6 Å². The number of nitrogens with two attached hydrogens (primary N) is 1. The number of pyridine rings is 1. The van der Waals surface area contributed by atoms with Crippen LogP contribution in [0.5, 0.6) is 5.88 Å². The van der Waals surface area contributed by atoms with Gasteiger partial charge in [-0.2, -0.15) is 13.2 Å². The van der Waals surface area contributed by atoms with Crippen LogP contribution < -0.4 is 10.5 Å². The number of halogens is 3. The minimum absolute atomic E-state index is 0.0195. The first-order valence-electron chi connectivity index (χ1n) is 6.85. The van der Waals surface area contributed by atoms with E-state index >= 15 is 0 Å². The predicted molar refractivity (Wildman–Crippen MR) is 69.4 cm³/mol. The predicted octanol–water partition coefficient (Wildman–Crippen LogP) is 3.53. The molecule has 1 aromatic heterocycles. The average molecular weight is 288 g/mol. The monoisotopic (exact) mass is 288 g/mol. The van der Waals surface area contributed by atoms with Crippen molar-refractivity contribution in [1.82, 2.24) is 4.98 Å². The normalized spacial score (nSPS) is 19.4. The van der Waals surface area contributed by atoms with Crippen LogP contribution in [0.3, 0.4) is 0 Å². The highest BCUT2D eigenvalue weighted by atomic mass is 19.4. The van der Waals surface area contributed by atoms with Gasteiger partial charge in [0.25, 0.3) is 0 Å². The van der Waals surface area contributed by atoms with Gasteiger partial charge in [0.1, 0.15) is 12.3 Å². The number of ether oxygens (including phenoxy) is 1. The van der Waals surface area contributed by atoms with Crippen LogP contribution in [0.2, 0.25) is 0 Å². The molecule has 0 radical (unpaired) electrons. The first-order valence-corrected chi connectivity index (χ1v) is 6.85. The van der Waals surface area contributed by atoms with Crippen LogP contribution in [0.15, 0.2) is 18.2 Å². The maximum atomic E-state index is 12.5. The lowest BCUT2D eigenvalue weighted by Crippen LogP contribution is -2.45. The maximum Gasteiger partial charge on any atom is 0.433 e. The van der Waals surface area contributed by atoms with Crippen molar-refractivity contribution in [2.45, 2.75) is 50.2 Å². The molecule has 0 unspecified atom stereocenters. The molecule has 112 valence electrons. The van der Waals surface area contributed by atoms with Gasteiger partial charge in [-0.1, -0.05) is 31.7 Å². The molecular weight excluding hydrogens is 269 g/mol. The standard InChI is InChI=1S/C14H19F3N2O/c15-14(16,17)11-6-5-7-12(19-11)20-10-13(18)8-3-1-2-4-9-13/h5-7H,1-4,8-10,18H2. The number of nitrogens with zero attached hydrogens (tertiary/aromatic N) is 1. The summed E-state index contributed by atoms with van der Waals surface area (Å²) in [6.45, 7) is 0.210. The van der Waals surface area contributed by atoms with Gasteiger partial charge in [-0.15, -0.1) is 0 Å². The fraction of sp³-hybridized carbons (Fsp3) is 0.643. The molecule has 6 heteroatoms. The molecule has 1 saturated carbocycles. The van der Waals surface area contributed by atoms with Crippen molar-refractivity contribution in [3.63, 3.8) is 0 Å². The van der Waals surface area contributed by atoms with Gasteiger partial charge in [-0.3, -0.25) is 0 Å². The molecule has 0 aromatic carbocycles. The maximum absolute atomic E-state index is 12.5. The second-order valence-electron chi connectivity index (χ2n) is 5.42. The van der Waals surface area contributed by atoms with Crippen molar-refractivity contribution in [1.29, 1.82) is 0 Å². The van der Waals surface area contributed by atoms with Gasteiger partial charge in [0.2, 0.25) is 5.88 Å². The molecule has 3 nitrogen and oxygen atoms in total. The first kappa shape index (κ1) is 15.1. The Hall–Kier alpha value is -1.30. The summed E-state index contributed by atoms with van der Waals surface area (Å²) >= 11 is 0. The van der Waals surface area contributed by atoms with Crippen LogP contribution in [0.4, 0.5) is 13.2 Å². The van der Waals surface area contributed by atoms with Crippen molar-refractivity contribution in [2.24, 2.45) is 5.73 Å². The SMILES string of the molecule is NC1(COc2cccc(C(F)(F)F)n2)CCCCCC1. The quantitative estimate of drug-likeness (QED) is 0.866. The Labute approximate surface area is 116 Å². The van der Waals surface area contributed by atoms with E-state index in [-0.39, 0.29) is 12.5 Å². The zero-order valence-corrected chi connectivity index (χ0v) is 11.2. The molecule has 0 amide bonds. The minimum Gasteiger partial charge on any atom is -0.476 e. The van der Waals surface area contributed by atoms with Crippen molar-refractivity contribution >= 4 is 0 Å². The fourth-order valence-electron chi connectivity index (χ4n) is 2.45. The summed E-state index contributed by atoms with van der Waals surface area (Å²) in [7, 11) is 0. The van der Waals surface area contributed by atoms with Crippen LogP contribution in [-0.2, 0) is 6.18 Å². The highest BCUT2D eigenvalue weighted by Gasteiger charge is 2.33. The lowest BCUT2D eigenvalue weighted by molar-refractivity contribution is -0.141. The van der Waals surface area contributed by atoms with Crippen LogP contribution in [-0.4, -0.2) is 17.1 Å². The van der Waals surface area contributed by atoms with Gasteiger partial charge >= 0.3 is 6.18 Å². The second kappa shape index (κ2) is 5.99. The molecule has 20 heavy (non-hydrogen) atoms. The van der Waals surface area contributed by atoms with Gasteiger partial charge < -0.3 is 10.5 Å².